The van der Waals surface area contributed by atoms with Crippen molar-refractivity contribution in [3.8, 4) is 0 Å². The first-order chi connectivity index (χ1) is 7.09. The number of hydrogen-bond donors (Lipinski definition) is 0. The Balaban J connectivity index is 2.39. The summed E-state index contributed by atoms with van der Waals surface area (Å²) in [5.41, 5.74) is 1.71. The summed E-state index contributed by atoms with van der Waals surface area (Å²) < 4.78 is 0. The predicted molar refractivity (Wildman–Crippen MR) is 61.1 cm³/mol. The molecule has 2 rings (SSSR count). The van der Waals surface area contributed by atoms with Gasteiger partial charge < -0.3 is 0 Å². The first-order valence-electron chi connectivity index (χ1n) is 4.71. The van der Waals surface area contributed by atoms with E-state index in [1.54, 1.807) is 13.0 Å². The van der Waals surface area contributed by atoms with E-state index in [1.165, 1.54) is 4.90 Å². The van der Waals surface area contributed by atoms with E-state index in [4.69, 9.17) is 0 Å². The number of carbonyl (C=O) groups is 2. The van der Waals surface area contributed by atoms with Gasteiger partial charge >= 0.3 is 0 Å². The van der Waals surface area contributed by atoms with Gasteiger partial charge in [-0.3, -0.25) is 9.59 Å². The molecular formula is C11H11NO2S. The number of nitrogens with zero attached hydrogens (tertiary/aromatic N) is 1. The van der Waals surface area contributed by atoms with Gasteiger partial charge in [-0.2, -0.15) is 0 Å². The highest BCUT2D eigenvalue weighted by Crippen LogP contribution is 2.31. The Hall–Kier alpha value is -1.29. The quantitative estimate of drug-likeness (QED) is 0.731. The van der Waals surface area contributed by atoms with Gasteiger partial charge in [-0.25, -0.2) is 4.90 Å². The van der Waals surface area contributed by atoms with Crippen LogP contribution in [0.1, 0.15) is 12.5 Å². The lowest BCUT2D eigenvalue weighted by atomic mass is 10.2. The first kappa shape index (κ1) is 10.2. The van der Waals surface area contributed by atoms with Crippen molar-refractivity contribution in [3.63, 3.8) is 0 Å². The molecule has 3 nitrogen and oxygen atoms in total. The Morgan fingerprint density at radius 2 is 2.07 bits per heavy atom. The maximum Gasteiger partial charge on any atom is 0.293 e. The highest BCUT2D eigenvalue weighted by atomic mass is 32.2. The molecule has 1 saturated heterocycles. The number of carbonyl (C=O) groups excluding carboxylic acids is 2. The normalized spacial score (nSPS) is 21.2. The zero-order valence-electron chi connectivity index (χ0n) is 8.56. The minimum Gasteiger partial charge on any atom is -0.273 e. The standard InChI is InChI=1S/C11H11NO2S/c1-7-4-3-5-9(6-7)12-10(13)8(2)15-11(12)14/h3-6,8H,1-2H3/t8-/m0/s1. The molecule has 0 radical (unpaired) electrons. The molecule has 1 aromatic rings. The Bertz CT molecular complexity index is 430. The summed E-state index contributed by atoms with van der Waals surface area (Å²) in [5, 5.41) is -0.448. The van der Waals surface area contributed by atoms with Crippen molar-refractivity contribution in [2.45, 2.75) is 19.1 Å². The lowest BCUT2D eigenvalue weighted by molar-refractivity contribution is -0.116. The SMILES string of the molecule is Cc1cccc(N2C(=O)S[C@@H](C)C2=O)c1. The second-order valence-corrected chi connectivity index (χ2v) is 4.83. The van der Waals surface area contributed by atoms with E-state index in [0.717, 1.165) is 17.3 Å². The van der Waals surface area contributed by atoms with Crippen LogP contribution in [0.2, 0.25) is 0 Å². The van der Waals surface area contributed by atoms with Gasteiger partial charge in [-0.05, 0) is 31.5 Å². The van der Waals surface area contributed by atoms with Gasteiger partial charge in [0.05, 0.1) is 10.9 Å². The average molecular weight is 221 g/mol. The number of amides is 2. The Kier molecular flexibility index (Phi) is 2.52. The molecule has 0 bridgehead atoms. The number of anilines is 1. The van der Waals surface area contributed by atoms with Crippen molar-refractivity contribution in [2.24, 2.45) is 0 Å². The minimum absolute atomic E-state index is 0.129. The van der Waals surface area contributed by atoms with Gasteiger partial charge in [0.15, 0.2) is 0 Å². The fraction of sp³-hybridized carbons (Fsp3) is 0.273. The lowest BCUT2D eigenvalue weighted by Crippen LogP contribution is -2.30. The molecule has 1 heterocycles. The van der Waals surface area contributed by atoms with Crippen LogP contribution in [0.25, 0.3) is 0 Å². The summed E-state index contributed by atoms with van der Waals surface area (Å²) in [6.45, 7) is 3.69. The smallest absolute Gasteiger partial charge is 0.273 e. The third-order valence-electron chi connectivity index (χ3n) is 2.29. The molecule has 1 aromatic carbocycles. The number of rotatable bonds is 1. The largest absolute Gasteiger partial charge is 0.293 e. The van der Waals surface area contributed by atoms with Crippen molar-refractivity contribution in [1.82, 2.24) is 0 Å². The Morgan fingerprint density at radius 1 is 1.33 bits per heavy atom. The third kappa shape index (κ3) is 1.77. The van der Waals surface area contributed by atoms with Gasteiger partial charge in [-0.15, -0.1) is 0 Å². The maximum atomic E-state index is 11.7. The Morgan fingerprint density at radius 3 is 2.60 bits per heavy atom. The predicted octanol–water partition coefficient (Wildman–Crippen LogP) is 2.58. The summed E-state index contributed by atoms with van der Waals surface area (Å²) in [7, 11) is 0. The minimum atomic E-state index is -0.266. The van der Waals surface area contributed by atoms with E-state index in [1.807, 2.05) is 25.1 Å². The maximum absolute atomic E-state index is 11.7. The fourth-order valence-corrected chi connectivity index (χ4v) is 2.34. The van der Waals surface area contributed by atoms with Crippen molar-refractivity contribution in [3.05, 3.63) is 29.8 Å². The highest BCUT2D eigenvalue weighted by Gasteiger charge is 2.37. The molecule has 4 heteroatoms. The molecule has 0 aliphatic carbocycles. The van der Waals surface area contributed by atoms with Crippen LogP contribution in [-0.4, -0.2) is 16.4 Å². The van der Waals surface area contributed by atoms with Gasteiger partial charge in [-0.1, -0.05) is 23.9 Å². The molecule has 0 aromatic heterocycles. The van der Waals surface area contributed by atoms with E-state index >= 15 is 0 Å². The van der Waals surface area contributed by atoms with Crippen molar-refractivity contribution in [1.29, 1.82) is 0 Å². The van der Waals surface area contributed by atoms with Crippen LogP contribution in [-0.2, 0) is 4.79 Å². The molecule has 1 aliphatic rings. The highest BCUT2D eigenvalue weighted by molar-refractivity contribution is 8.15. The van der Waals surface area contributed by atoms with Crippen LogP contribution >= 0.6 is 11.8 Å². The van der Waals surface area contributed by atoms with Crippen LogP contribution in [0.15, 0.2) is 24.3 Å². The van der Waals surface area contributed by atoms with E-state index in [0.29, 0.717) is 5.69 Å². The number of imide groups is 1. The van der Waals surface area contributed by atoms with E-state index in [2.05, 4.69) is 0 Å². The van der Waals surface area contributed by atoms with Crippen LogP contribution in [0.4, 0.5) is 10.5 Å². The first-order valence-corrected chi connectivity index (χ1v) is 5.59. The molecule has 1 aliphatic heterocycles. The molecule has 2 amide bonds. The van der Waals surface area contributed by atoms with Crippen molar-refractivity contribution in [2.75, 3.05) is 4.90 Å². The summed E-state index contributed by atoms with van der Waals surface area (Å²) in [6, 6.07) is 7.40. The second-order valence-electron chi connectivity index (χ2n) is 3.54. The number of hydrogen-bond acceptors (Lipinski definition) is 3. The number of thioether (sulfide) groups is 1. The summed E-state index contributed by atoms with van der Waals surface area (Å²) >= 11 is 1.07. The molecule has 1 fully saturated rings. The van der Waals surface area contributed by atoms with Crippen LogP contribution in [0.3, 0.4) is 0 Å². The zero-order chi connectivity index (χ0) is 11.0. The number of benzene rings is 1. The molecule has 78 valence electrons. The molecule has 0 unspecified atom stereocenters. The summed E-state index contributed by atoms with van der Waals surface area (Å²) in [4.78, 5) is 24.5. The third-order valence-corrected chi connectivity index (χ3v) is 3.23. The van der Waals surface area contributed by atoms with Gasteiger partial charge in [0, 0.05) is 0 Å². The molecule has 15 heavy (non-hydrogen) atoms. The fourth-order valence-electron chi connectivity index (χ4n) is 1.53. The van der Waals surface area contributed by atoms with Gasteiger partial charge in [0.25, 0.3) is 5.24 Å². The van der Waals surface area contributed by atoms with E-state index < -0.39 is 0 Å². The Labute approximate surface area is 92.5 Å². The molecule has 0 saturated carbocycles. The van der Waals surface area contributed by atoms with Crippen LogP contribution < -0.4 is 4.90 Å². The van der Waals surface area contributed by atoms with Crippen LogP contribution in [0.5, 0.6) is 0 Å². The summed E-state index contributed by atoms with van der Waals surface area (Å²) in [6.07, 6.45) is 0. The molecular weight excluding hydrogens is 210 g/mol. The van der Waals surface area contributed by atoms with Crippen LogP contribution in [0, 0.1) is 6.92 Å². The monoisotopic (exact) mass is 221 g/mol. The zero-order valence-corrected chi connectivity index (χ0v) is 9.38. The summed E-state index contributed by atoms with van der Waals surface area (Å²) in [5.74, 6) is -0.129. The van der Waals surface area contributed by atoms with Crippen molar-refractivity contribution >= 4 is 28.6 Å². The topological polar surface area (TPSA) is 37.4 Å². The van der Waals surface area contributed by atoms with Gasteiger partial charge in [0.2, 0.25) is 5.91 Å². The van der Waals surface area contributed by atoms with E-state index in [-0.39, 0.29) is 16.4 Å². The molecule has 0 spiro atoms. The van der Waals surface area contributed by atoms with Gasteiger partial charge in [0.1, 0.15) is 0 Å². The number of aryl methyl sites for hydroxylation is 1. The second kappa shape index (κ2) is 3.70. The molecule has 0 N–H and O–H groups in total. The average Bonchev–Trinajstić information content (AvgIpc) is 2.41. The lowest BCUT2D eigenvalue weighted by Gasteiger charge is -2.13. The van der Waals surface area contributed by atoms with Crippen molar-refractivity contribution < 1.29 is 9.59 Å². The molecule has 1 atom stereocenters. The van der Waals surface area contributed by atoms with E-state index in [9.17, 15) is 9.59 Å².